The first-order valence-electron chi connectivity index (χ1n) is 6.18. The molecule has 2 rings (SSSR count). The molecule has 0 aliphatic heterocycles. The molecule has 108 valence electrons. The standard InChI is InChI=1S/C13H16FN3OS2/c1-3-12-16-13(20-17-12)19-7-10(15)8-4-5-11(18-2)9(14)6-8/h4-6,10H,3,7,15H2,1-2H3. The van der Waals surface area contributed by atoms with Gasteiger partial charge in [-0.25, -0.2) is 9.37 Å². The van der Waals surface area contributed by atoms with Crippen LogP contribution >= 0.6 is 23.3 Å². The van der Waals surface area contributed by atoms with Gasteiger partial charge >= 0.3 is 0 Å². The molecule has 0 saturated heterocycles. The third-order valence-corrected chi connectivity index (χ3v) is 4.75. The lowest BCUT2D eigenvalue weighted by Crippen LogP contribution is -2.13. The molecule has 0 aliphatic rings. The number of benzene rings is 1. The number of aryl methyl sites for hydroxylation is 1. The molecule has 0 radical (unpaired) electrons. The van der Waals surface area contributed by atoms with Crippen LogP contribution in [0.4, 0.5) is 4.39 Å². The Labute approximate surface area is 125 Å². The topological polar surface area (TPSA) is 61.0 Å². The average molecular weight is 313 g/mol. The maximum atomic E-state index is 13.6. The molecule has 1 heterocycles. The van der Waals surface area contributed by atoms with E-state index in [1.807, 2.05) is 6.92 Å². The highest BCUT2D eigenvalue weighted by molar-refractivity contribution is 8.00. The molecular formula is C13H16FN3OS2. The molecule has 2 N–H and O–H groups in total. The number of nitrogens with zero attached hydrogens (tertiary/aromatic N) is 2. The van der Waals surface area contributed by atoms with Crippen LogP contribution < -0.4 is 10.5 Å². The van der Waals surface area contributed by atoms with Crippen LogP contribution in [0, 0.1) is 5.82 Å². The fourth-order valence-electron chi connectivity index (χ4n) is 1.61. The molecule has 0 spiro atoms. The highest BCUT2D eigenvalue weighted by atomic mass is 32.2. The lowest BCUT2D eigenvalue weighted by molar-refractivity contribution is 0.386. The van der Waals surface area contributed by atoms with E-state index in [4.69, 9.17) is 10.5 Å². The molecule has 0 bridgehead atoms. The Morgan fingerprint density at radius 1 is 1.50 bits per heavy atom. The van der Waals surface area contributed by atoms with Crippen LogP contribution in [0.3, 0.4) is 0 Å². The average Bonchev–Trinajstić information content (AvgIpc) is 2.92. The predicted octanol–water partition coefficient (Wildman–Crippen LogP) is 3.04. The number of nitrogens with two attached hydrogens (primary N) is 1. The highest BCUT2D eigenvalue weighted by Crippen LogP contribution is 2.27. The van der Waals surface area contributed by atoms with Crippen molar-refractivity contribution in [2.24, 2.45) is 5.73 Å². The number of hydrogen-bond acceptors (Lipinski definition) is 6. The van der Waals surface area contributed by atoms with Gasteiger partial charge < -0.3 is 10.5 Å². The molecule has 20 heavy (non-hydrogen) atoms. The van der Waals surface area contributed by atoms with Crippen molar-refractivity contribution in [3.05, 3.63) is 35.4 Å². The zero-order chi connectivity index (χ0) is 14.5. The van der Waals surface area contributed by atoms with Crippen LogP contribution in [-0.4, -0.2) is 22.2 Å². The maximum absolute atomic E-state index is 13.6. The van der Waals surface area contributed by atoms with Crippen molar-refractivity contribution in [2.45, 2.75) is 23.7 Å². The number of methoxy groups -OCH3 is 1. The summed E-state index contributed by atoms with van der Waals surface area (Å²) in [4.78, 5) is 4.36. The summed E-state index contributed by atoms with van der Waals surface area (Å²) in [7, 11) is 1.44. The minimum atomic E-state index is -0.394. The van der Waals surface area contributed by atoms with E-state index < -0.39 is 5.82 Å². The van der Waals surface area contributed by atoms with Crippen LogP contribution in [-0.2, 0) is 6.42 Å². The monoisotopic (exact) mass is 313 g/mol. The van der Waals surface area contributed by atoms with Crippen molar-refractivity contribution in [1.82, 2.24) is 9.36 Å². The molecule has 0 fully saturated rings. The smallest absolute Gasteiger partial charge is 0.170 e. The SMILES string of the molecule is CCc1nsc(SCC(N)c2ccc(OC)c(F)c2)n1. The summed E-state index contributed by atoms with van der Waals surface area (Å²) in [5.74, 6) is 1.31. The molecule has 0 aliphatic carbocycles. The van der Waals surface area contributed by atoms with E-state index in [2.05, 4.69) is 9.36 Å². The Kier molecular flexibility index (Phi) is 5.33. The van der Waals surface area contributed by atoms with E-state index in [-0.39, 0.29) is 11.8 Å². The summed E-state index contributed by atoms with van der Waals surface area (Å²) in [6.07, 6.45) is 0.826. The van der Waals surface area contributed by atoms with Gasteiger partial charge in [0.2, 0.25) is 0 Å². The minimum absolute atomic E-state index is 0.227. The first kappa shape index (κ1) is 15.2. The molecule has 7 heteroatoms. The van der Waals surface area contributed by atoms with Crippen molar-refractivity contribution in [3.8, 4) is 5.75 Å². The Balaban J connectivity index is 1.97. The number of aromatic nitrogens is 2. The van der Waals surface area contributed by atoms with Gasteiger partial charge in [-0.3, -0.25) is 0 Å². The second-order valence-corrected chi connectivity index (χ2v) is 6.16. The normalized spacial score (nSPS) is 12.4. The van der Waals surface area contributed by atoms with Crippen LogP contribution in [0.25, 0.3) is 0 Å². The van der Waals surface area contributed by atoms with Crippen molar-refractivity contribution >= 4 is 23.3 Å². The van der Waals surface area contributed by atoms with Gasteiger partial charge in [0.25, 0.3) is 0 Å². The zero-order valence-electron chi connectivity index (χ0n) is 11.3. The first-order valence-corrected chi connectivity index (χ1v) is 7.94. The lowest BCUT2D eigenvalue weighted by Gasteiger charge is -2.11. The van der Waals surface area contributed by atoms with Gasteiger partial charge in [0.15, 0.2) is 15.9 Å². The van der Waals surface area contributed by atoms with Crippen LogP contribution in [0.2, 0.25) is 0 Å². The fourth-order valence-corrected chi connectivity index (χ4v) is 3.32. The van der Waals surface area contributed by atoms with Gasteiger partial charge in [-0.05, 0) is 29.2 Å². The predicted molar refractivity (Wildman–Crippen MR) is 79.9 cm³/mol. The minimum Gasteiger partial charge on any atom is -0.494 e. The fraction of sp³-hybridized carbons (Fsp3) is 0.385. The second-order valence-electron chi connectivity index (χ2n) is 4.14. The Hall–Kier alpha value is -1.18. The third kappa shape index (κ3) is 3.68. The molecule has 2 aromatic rings. The molecule has 0 saturated carbocycles. The molecule has 1 aromatic carbocycles. The Morgan fingerprint density at radius 2 is 2.30 bits per heavy atom. The van der Waals surface area contributed by atoms with Gasteiger partial charge in [-0.1, -0.05) is 24.8 Å². The van der Waals surface area contributed by atoms with Crippen LogP contribution in [0.1, 0.15) is 24.4 Å². The molecule has 0 amide bonds. The number of ether oxygens (including phenoxy) is 1. The molecule has 1 aromatic heterocycles. The summed E-state index contributed by atoms with van der Waals surface area (Å²) in [6.45, 7) is 2.02. The van der Waals surface area contributed by atoms with E-state index in [0.29, 0.717) is 5.75 Å². The molecule has 1 atom stereocenters. The molecular weight excluding hydrogens is 297 g/mol. The first-order chi connectivity index (χ1) is 9.63. The Morgan fingerprint density at radius 3 is 2.90 bits per heavy atom. The number of thioether (sulfide) groups is 1. The second kappa shape index (κ2) is 7.01. The lowest BCUT2D eigenvalue weighted by atomic mass is 10.1. The maximum Gasteiger partial charge on any atom is 0.170 e. The molecule has 4 nitrogen and oxygen atoms in total. The number of hydrogen-bond donors (Lipinski definition) is 1. The molecule has 1 unspecified atom stereocenters. The summed E-state index contributed by atoms with van der Waals surface area (Å²) in [5.41, 5.74) is 6.82. The largest absolute Gasteiger partial charge is 0.494 e. The highest BCUT2D eigenvalue weighted by Gasteiger charge is 2.12. The van der Waals surface area contributed by atoms with Gasteiger partial charge in [-0.15, -0.1) is 0 Å². The van der Waals surface area contributed by atoms with E-state index in [9.17, 15) is 4.39 Å². The van der Waals surface area contributed by atoms with Gasteiger partial charge in [0.1, 0.15) is 5.82 Å². The van der Waals surface area contributed by atoms with Crippen LogP contribution in [0.15, 0.2) is 22.5 Å². The van der Waals surface area contributed by atoms with Crippen LogP contribution in [0.5, 0.6) is 5.75 Å². The number of rotatable bonds is 6. The van der Waals surface area contributed by atoms with E-state index in [1.54, 1.807) is 23.9 Å². The summed E-state index contributed by atoms with van der Waals surface area (Å²) in [5, 5.41) is 0. The Bertz CT molecular complexity index is 576. The van der Waals surface area contributed by atoms with Crippen molar-refractivity contribution in [1.29, 1.82) is 0 Å². The van der Waals surface area contributed by atoms with Crippen molar-refractivity contribution in [3.63, 3.8) is 0 Å². The van der Waals surface area contributed by atoms with Gasteiger partial charge in [0.05, 0.1) is 7.11 Å². The quantitative estimate of drug-likeness (QED) is 0.831. The zero-order valence-corrected chi connectivity index (χ0v) is 12.9. The van der Waals surface area contributed by atoms with E-state index in [0.717, 1.165) is 22.1 Å². The van der Waals surface area contributed by atoms with Gasteiger partial charge in [0, 0.05) is 18.2 Å². The summed E-state index contributed by atoms with van der Waals surface area (Å²) >= 11 is 2.91. The van der Waals surface area contributed by atoms with E-state index >= 15 is 0 Å². The van der Waals surface area contributed by atoms with Crippen molar-refractivity contribution in [2.75, 3.05) is 12.9 Å². The van der Waals surface area contributed by atoms with Gasteiger partial charge in [-0.2, -0.15) is 4.37 Å². The number of halogens is 1. The van der Waals surface area contributed by atoms with E-state index in [1.165, 1.54) is 24.7 Å². The third-order valence-electron chi connectivity index (χ3n) is 2.76. The summed E-state index contributed by atoms with van der Waals surface area (Å²) in [6, 6.07) is 4.54. The van der Waals surface area contributed by atoms with Crippen molar-refractivity contribution < 1.29 is 9.13 Å². The summed E-state index contributed by atoms with van der Waals surface area (Å²) < 4.78 is 23.6.